The Morgan fingerprint density at radius 1 is 1.21 bits per heavy atom. The molecule has 0 saturated carbocycles. The van der Waals surface area contributed by atoms with Crippen molar-refractivity contribution in [2.24, 2.45) is 0 Å². The molecule has 1 heterocycles. The first-order valence-corrected chi connectivity index (χ1v) is 7.93. The van der Waals surface area contributed by atoms with Crippen LogP contribution in [0.25, 0.3) is 0 Å². The highest BCUT2D eigenvalue weighted by molar-refractivity contribution is 7.09. The Morgan fingerprint density at radius 3 is 2.63 bits per heavy atom. The predicted molar refractivity (Wildman–Crippen MR) is 82.7 cm³/mol. The van der Waals surface area contributed by atoms with Gasteiger partial charge in [0.15, 0.2) is 0 Å². The summed E-state index contributed by atoms with van der Waals surface area (Å²) in [6.07, 6.45) is 3.16. The predicted octanol–water partition coefficient (Wildman–Crippen LogP) is 3.99. The molecule has 1 aromatic carbocycles. The maximum absolute atomic E-state index is 4.68. The van der Waals surface area contributed by atoms with Crippen molar-refractivity contribution in [1.82, 2.24) is 10.3 Å². The van der Waals surface area contributed by atoms with Gasteiger partial charge in [0.05, 0.1) is 10.7 Å². The van der Waals surface area contributed by atoms with E-state index in [4.69, 9.17) is 0 Å². The average molecular weight is 274 g/mol. The lowest BCUT2D eigenvalue weighted by molar-refractivity contribution is 0.528. The number of nitrogens with one attached hydrogen (secondary N) is 1. The molecule has 19 heavy (non-hydrogen) atoms. The number of hydrogen-bond donors (Lipinski definition) is 1. The maximum Gasteiger partial charge on any atom is 0.0947 e. The summed E-state index contributed by atoms with van der Waals surface area (Å²) in [7, 11) is 0. The first kappa shape index (κ1) is 14.2. The highest BCUT2D eigenvalue weighted by Gasteiger charge is 2.13. The minimum Gasteiger partial charge on any atom is -0.310 e. The Morgan fingerprint density at radius 2 is 2.00 bits per heavy atom. The molecule has 3 heteroatoms. The van der Waals surface area contributed by atoms with E-state index in [-0.39, 0.29) is 0 Å². The van der Waals surface area contributed by atoms with Gasteiger partial charge in [-0.25, -0.2) is 4.98 Å². The number of aromatic nitrogens is 1. The summed E-state index contributed by atoms with van der Waals surface area (Å²) in [6.45, 7) is 5.40. The third-order valence-corrected chi connectivity index (χ3v) is 4.10. The molecule has 0 saturated heterocycles. The van der Waals surface area contributed by atoms with Crippen molar-refractivity contribution in [3.8, 4) is 0 Å². The molecule has 0 radical (unpaired) electrons. The van der Waals surface area contributed by atoms with Crippen LogP contribution in [0.15, 0.2) is 35.7 Å². The summed E-state index contributed by atoms with van der Waals surface area (Å²) >= 11 is 1.78. The second-order valence-corrected chi connectivity index (χ2v) is 5.65. The fraction of sp³-hybridized carbons (Fsp3) is 0.438. The van der Waals surface area contributed by atoms with E-state index in [1.165, 1.54) is 16.3 Å². The van der Waals surface area contributed by atoms with Crippen LogP contribution in [0, 0.1) is 0 Å². The van der Waals surface area contributed by atoms with Gasteiger partial charge in [0, 0.05) is 17.8 Å². The third kappa shape index (κ3) is 4.15. The molecule has 0 aliphatic carbocycles. The van der Waals surface area contributed by atoms with Crippen LogP contribution in [-0.4, -0.2) is 11.5 Å². The monoisotopic (exact) mass is 274 g/mol. The van der Waals surface area contributed by atoms with Crippen LogP contribution in [0.3, 0.4) is 0 Å². The van der Waals surface area contributed by atoms with Crippen LogP contribution in [-0.2, 0) is 12.8 Å². The lowest BCUT2D eigenvalue weighted by Crippen LogP contribution is -2.24. The van der Waals surface area contributed by atoms with E-state index in [1.54, 1.807) is 11.3 Å². The molecule has 102 valence electrons. The van der Waals surface area contributed by atoms with Crippen LogP contribution < -0.4 is 5.32 Å². The Labute approximate surface area is 119 Å². The van der Waals surface area contributed by atoms with Crippen molar-refractivity contribution in [1.29, 1.82) is 0 Å². The van der Waals surface area contributed by atoms with Gasteiger partial charge in [0.2, 0.25) is 0 Å². The second-order valence-electron chi connectivity index (χ2n) is 4.71. The topological polar surface area (TPSA) is 24.9 Å². The Hall–Kier alpha value is -1.19. The van der Waals surface area contributed by atoms with Gasteiger partial charge in [0.25, 0.3) is 0 Å². The molecule has 1 atom stereocenters. The van der Waals surface area contributed by atoms with Gasteiger partial charge < -0.3 is 5.32 Å². The largest absolute Gasteiger partial charge is 0.310 e. The second kappa shape index (κ2) is 7.41. The average Bonchev–Trinajstić information content (AvgIpc) is 2.92. The quantitative estimate of drug-likeness (QED) is 0.826. The smallest absolute Gasteiger partial charge is 0.0947 e. The molecule has 0 spiro atoms. The Bertz CT molecular complexity index is 479. The highest BCUT2D eigenvalue weighted by atomic mass is 32.1. The fourth-order valence-corrected chi connectivity index (χ4v) is 3.02. The molecule has 1 unspecified atom stereocenters. The molecule has 0 aliphatic rings. The molecule has 1 aromatic heterocycles. The number of thiazole rings is 1. The van der Waals surface area contributed by atoms with Crippen molar-refractivity contribution in [3.05, 3.63) is 52.0 Å². The lowest BCUT2D eigenvalue weighted by atomic mass is 10.0. The van der Waals surface area contributed by atoms with Crippen LogP contribution >= 0.6 is 11.3 Å². The Kier molecular flexibility index (Phi) is 5.55. The first-order valence-electron chi connectivity index (χ1n) is 7.05. The van der Waals surface area contributed by atoms with Crippen molar-refractivity contribution in [3.63, 3.8) is 0 Å². The van der Waals surface area contributed by atoms with E-state index >= 15 is 0 Å². The van der Waals surface area contributed by atoms with E-state index in [0.29, 0.717) is 6.04 Å². The van der Waals surface area contributed by atoms with Gasteiger partial charge in [-0.15, -0.1) is 11.3 Å². The lowest BCUT2D eigenvalue weighted by Gasteiger charge is -2.17. The summed E-state index contributed by atoms with van der Waals surface area (Å²) in [5.41, 5.74) is 2.56. The SMILES string of the molecule is CCCNC(Cc1nc(CC)cs1)c1ccccc1. The minimum absolute atomic E-state index is 0.372. The summed E-state index contributed by atoms with van der Waals surface area (Å²) in [4.78, 5) is 4.68. The molecule has 0 aliphatic heterocycles. The van der Waals surface area contributed by atoms with Crippen molar-refractivity contribution in [2.45, 2.75) is 39.2 Å². The van der Waals surface area contributed by atoms with E-state index in [0.717, 1.165) is 25.8 Å². The molecule has 0 amide bonds. The van der Waals surface area contributed by atoms with Gasteiger partial charge in [0.1, 0.15) is 0 Å². The molecule has 2 aromatic rings. The number of rotatable bonds is 7. The number of benzene rings is 1. The zero-order chi connectivity index (χ0) is 13.5. The zero-order valence-corrected chi connectivity index (χ0v) is 12.5. The van der Waals surface area contributed by atoms with E-state index in [9.17, 15) is 0 Å². The van der Waals surface area contributed by atoms with E-state index in [2.05, 4.69) is 59.9 Å². The third-order valence-electron chi connectivity index (χ3n) is 3.18. The van der Waals surface area contributed by atoms with Crippen LogP contribution in [0.2, 0.25) is 0 Å². The maximum atomic E-state index is 4.68. The summed E-state index contributed by atoms with van der Waals surface area (Å²) in [5, 5.41) is 7.04. The summed E-state index contributed by atoms with van der Waals surface area (Å²) < 4.78 is 0. The number of nitrogens with zero attached hydrogens (tertiary/aromatic N) is 1. The molecule has 2 rings (SSSR count). The zero-order valence-electron chi connectivity index (χ0n) is 11.7. The van der Waals surface area contributed by atoms with Gasteiger partial charge in [-0.2, -0.15) is 0 Å². The number of hydrogen-bond acceptors (Lipinski definition) is 3. The molecular formula is C16H22N2S. The first-order chi connectivity index (χ1) is 9.33. The van der Waals surface area contributed by atoms with E-state index in [1.807, 2.05) is 0 Å². The Balaban J connectivity index is 2.09. The van der Waals surface area contributed by atoms with Crippen molar-refractivity contribution < 1.29 is 0 Å². The van der Waals surface area contributed by atoms with Gasteiger partial charge >= 0.3 is 0 Å². The van der Waals surface area contributed by atoms with Crippen LogP contribution in [0.4, 0.5) is 0 Å². The number of aryl methyl sites for hydroxylation is 1. The standard InChI is InChI=1S/C16H22N2S/c1-3-10-17-15(13-8-6-5-7-9-13)11-16-18-14(4-2)12-19-16/h5-9,12,15,17H,3-4,10-11H2,1-2H3. The van der Waals surface area contributed by atoms with Crippen LogP contribution in [0.5, 0.6) is 0 Å². The van der Waals surface area contributed by atoms with Gasteiger partial charge in [-0.1, -0.05) is 44.2 Å². The van der Waals surface area contributed by atoms with Gasteiger partial charge in [-0.05, 0) is 24.9 Å². The summed E-state index contributed by atoms with van der Waals surface area (Å²) in [6, 6.07) is 11.0. The molecule has 2 nitrogen and oxygen atoms in total. The molecule has 1 N–H and O–H groups in total. The minimum atomic E-state index is 0.372. The molecular weight excluding hydrogens is 252 g/mol. The fourth-order valence-electron chi connectivity index (χ4n) is 2.09. The van der Waals surface area contributed by atoms with Crippen molar-refractivity contribution >= 4 is 11.3 Å². The summed E-state index contributed by atoms with van der Waals surface area (Å²) in [5.74, 6) is 0. The van der Waals surface area contributed by atoms with Gasteiger partial charge in [-0.3, -0.25) is 0 Å². The molecule has 0 bridgehead atoms. The van der Waals surface area contributed by atoms with Crippen molar-refractivity contribution in [2.75, 3.05) is 6.54 Å². The highest BCUT2D eigenvalue weighted by Crippen LogP contribution is 2.21. The molecule has 0 fully saturated rings. The van der Waals surface area contributed by atoms with Crippen LogP contribution in [0.1, 0.15) is 42.6 Å². The normalized spacial score (nSPS) is 12.5. The van der Waals surface area contributed by atoms with E-state index < -0.39 is 0 Å².